The predicted molar refractivity (Wildman–Crippen MR) is 403 cm³/mol. The fourth-order valence-electron chi connectivity index (χ4n) is 26.0. The monoisotopic (exact) mass is 1340 g/mol. The van der Waals surface area contributed by atoms with Crippen LogP contribution in [0, 0.1) is 69.0 Å². The van der Waals surface area contributed by atoms with Crippen molar-refractivity contribution in [2.45, 2.75) is 268 Å². The van der Waals surface area contributed by atoms with Gasteiger partial charge in [0, 0.05) is 24.2 Å². The van der Waals surface area contributed by atoms with Gasteiger partial charge in [0.15, 0.2) is 0 Å². The fraction of sp³-hybridized carbons (Fsp3) is 0.727. The number of methoxy groups -OCH3 is 4. The molecule has 8 N–H and O–H groups in total. The van der Waals surface area contributed by atoms with Crippen molar-refractivity contribution in [1.82, 2.24) is 21.3 Å². The van der Waals surface area contributed by atoms with Gasteiger partial charge in [-0.05, 0) is 418 Å². The maximum atomic E-state index is 5.65. The number of ether oxygens (including phenoxy) is 4. The maximum Gasteiger partial charge on any atom is 0.119 e. The van der Waals surface area contributed by atoms with Gasteiger partial charge in [-0.15, -0.1) is 0 Å². The molecule has 8 saturated carbocycles. The van der Waals surface area contributed by atoms with Crippen molar-refractivity contribution in [3.63, 3.8) is 0 Å². The molecule has 12 aliphatic rings. The van der Waals surface area contributed by atoms with Crippen LogP contribution in [0.25, 0.3) is 0 Å². The molecule has 10 heteroatoms. The number of hydrogen-bond acceptors (Lipinski definition) is 10. The molecular formula is C88H132N6O4. The highest BCUT2D eigenvalue weighted by Crippen LogP contribution is 2.65. The molecule has 0 amide bonds. The summed E-state index contributed by atoms with van der Waals surface area (Å²) in [6.45, 7) is 16.8. The smallest absolute Gasteiger partial charge is 0.119 e. The van der Waals surface area contributed by atoms with Gasteiger partial charge >= 0.3 is 0 Å². The summed E-state index contributed by atoms with van der Waals surface area (Å²) in [7, 11) is 7.15. The van der Waals surface area contributed by atoms with Crippen molar-refractivity contribution in [2.75, 3.05) is 67.7 Å². The van der Waals surface area contributed by atoms with Crippen LogP contribution in [0.3, 0.4) is 0 Å². The minimum atomic E-state index is 0.474. The van der Waals surface area contributed by atoms with Crippen molar-refractivity contribution in [3.8, 4) is 23.0 Å². The van der Waals surface area contributed by atoms with E-state index in [1.807, 2.05) is 0 Å². The Morgan fingerprint density at radius 2 is 0.551 bits per heavy atom. The number of unbranched alkanes of at least 4 members (excludes halogenated alkanes) is 3. The second-order valence-electron chi connectivity index (χ2n) is 35.1. The van der Waals surface area contributed by atoms with Crippen molar-refractivity contribution in [1.29, 1.82) is 0 Å². The van der Waals surface area contributed by atoms with Gasteiger partial charge < -0.3 is 51.7 Å². The summed E-state index contributed by atoms with van der Waals surface area (Å²) in [6, 6.07) is 30.3. The van der Waals surface area contributed by atoms with E-state index >= 15 is 0 Å². The van der Waals surface area contributed by atoms with Crippen LogP contribution < -0.4 is 51.7 Å². The van der Waals surface area contributed by atoms with Crippen molar-refractivity contribution in [3.05, 3.63) is 117 Å². The number of fused-ring (bicyclic) bond motifs is 20. The molecule has 0 aliphatic heterocycles. The molecule has 0 bridgehead atoms. The van der Waals surface area contributed by atoms with Gasteiger partial charge in [-0.25, -0.2) is 0 Å². The Labute approximate surface area is 593 Å². The van der Waals surface area contributed by atoms with Gasteiger partial charge in [-0.1, -0.05) is 52.0 Å². The second kappa shape index (κ2) is 30.6. The lowest BCUT2D eigenvalue weighted by Gasteiger charge is -2.51. The van der Waals surface area contributed by atoms with Crippen LogP contribution in [0.4, 0.5) is 0 Å². The van der Waals surface area contributed by atoms with Crippen LogP contribution >= 0.6 is 0 Å². The first kappa shape index (κ1) is 70.9. The number of rotatable bonds is 21. The molecule has 98 heavy (non-hydrogen) atoms. The first-order valence-corrected chi connectivity index (χ1v) is 40.8. The van der Waals surface area contributed by atoms with E-state index in [2.05, 4.69) is 122 Å². The first-order chi connectivity index (χ1) is 47.8. The van der Waals surface area contributed by atoms with E-state index in [0.717, 1.165) is 133 Å². The van der Waals surface area contributed by atoms with Crippen molar-refractivity contribution >= 4 is 0 Å². The minimum Gasteiger partial charge on any atom is -0.497 e. The molecule has 0 heterocycles. The molecule has 0 unspecified atom stereocenters. The number of hydrogen-bond donors (Lipinski definition) is 6. The average Bonchev–Trinajstić information content (AvgIpc) is 1.50. The third-order valence-corrected chi connectivity index (χ3v) is 31.2. The molecular weight excluding hydrogens is 1210 g/mol. The predicted octanol–water partition coefficient (Wildman–Crippen LogP) is 17.3. The van der Waals surface area contributed by atoms with E-state index in [4.69, 9.17) is 30.4 Å². The standard InChI is InChI=1S/C42H60N2O2.2C23H36N2O/c1-41-21-19-33-31-13-9-29(45-3)25-27(31)7-11-35(33)37(41)15-17-39(41)43-23-5-6-24-44-40-18-16-38-36-12-8-28-26-30(46-4)10-14-32(28)34(36)20-22-42(38,40)2;2*1-23-12-11-19-18-8-6-17(26-2)15-16(18)5-7-20(19)21(23)9-10-22(23)25-14-4-3-13-24/h9-10,13-14,25-26,33-40,43-44H,5-8,11-12,15-24H2,1-4H3;2*6,8,15,19-22,25H,3-5,7,9-14,24H2,1-2H3/t33-,34-,35-,36-,37+,38+,39+,40+,41+,42+;2*19-,20-,21+,22+,23+/m111/s1. The Bertz CT molecular complexity index is 3100. The Morgan fingerprint density at radius 3 is 0.776 bits per heavy atom. The maximum absolute atomic E-state index is 5.65. The topological polar surface area (TPSA) is 137 Å². The van der Waals surface area contributed by atoms with Gasteiger partial charge in [-0.2, -0.15) is 0 Å². The van der Waals surface area contributed by atoms with Crippen LogP contribution in [0.5, 0.6) is 23.0 Å². The van der Waals surface area contributed by atoms with Crippen LogP contribution in [0.1, 0.15) is 263 Å². The van der Waals surface area contributed by atoms with Gasteiger partial charge in [0.25, 0.3) is 0 Å². The number of aryl methyl sites for hydroxylation is 4. The van der Waals surface area contributed by atoms with Gasteiger partial charge in [0.1, 0.15) is 23.0 Å². The molecule has 10 nitrogen and oxygen atoms in total. The molecule has 8 fully saturated rings. The first-order valence-electron chi connectivity index (χ1n) is 40.8. The van der Waals surface area contributed by atoms with Gasteiger partial charge in [0.2, 0.25) is 0 Å². The van der Waals surface area contributed by atoms with Crippen LogP contribution in [0.2, 0.25) is 0 Å². The SMILES string of the molecule is COc1ccc2c(c1)CC[C@@H]1[C@@H]2CC[C@]2(C)[C@@H](NCCCCN)CC[C@@H]12.COc1ccc2c(c1)CC[C@@H]1[C@@H]2CC[C@]2(C)[C@@H](NCCCCN)CC[C@@H]12.COc1ccc2c(c1)CC[C@@H]1[C@@H]2CC[C@]2(C)[C@@H](NCCCCN[C@H]3CC[C@H]4[C@@H]5CCc6cc(OC)ccc6[C@H]5CC[C@]34C)CC[C@@H]12. The number of nitrogens with one attached hydrogen (secondary N) is 4. The van der Waals surface area contributed by atoms with E-state index in [1.54, 1.807) is 72.9 Å². The average molecular weight is 1340 g/mol. The van der Waals surface area contributed by atoms with E-state index in [-0.39, 0.29) is 0 Å². The van der Waals surface area contributed by atoms with Crippen molar-refractivity contribution in [2.24, 2.45) is 80.5 Å². The van der Waals surface area contributed by atoms with E-state index in [9.17, 15) is 0 Å². The molecule has 0 radical (unpaired) electrons. The van der Waals surface area contributed by atoms with Crippen LogP contribution in [0.15, 0.2) is 72.8 Å². The summed E-state index contributed by atoms with van der Waals surface area (Å²) in [5.41, 5.74) is 26.0. The molecule has 20 atom stereocenters. The summed E-state index contributed by atoms with van der Waals surface area (Å²) in [6.07, 6.45) is 39.8. The molecule has 4 aromatic carbocycles. The summed E-state index contributed by atoms with van der Waals surface area (Å²) in [4.78, 5) is 0. The zero-order chi connectivity index (χ0) is 67.8. The number of benzene rings is 4. The number of nitrogens with two attached hydrogens (primary N) is 2. The Balaban J connectivity index is 0.000000135. The Kier molecular flexibility index (Phi) is 22.2. The van der Waals surface area contributed by atoms with Crippen molar-refractivity contribution < 1.29 is 18.9 Å². The van der Waals surface area contributed by atoms with Crippen LogP contribution in [-0.2, 0) is 25.7 Å². The molecule has 0 aromatic heterocycles. The summed E-state index contributed by atoms with van der Waals surface area (Å²) in [5.74, 6) is 14.2. The molecule has 4 aromatic rings. The Morgan fingerprint density at radius 1 is 0.316 bits per heavy atom. The highest BCUT2D eigenvalue weighted by atomic mass is 16.5. The largest absolute Gasteiger partial charge is 0.497 e. The fourth-order valence-corrected chi connectivity index (χ4v) is 26.0. The third-order valence-electron chi connectivity index (χ3n) is 31.2. The zero-order valence-electron chi connectivity index (χ0n) is 62.4. The van der Waals surface area contributed by atoms with Gasteiger partial charge in [-0.3, -0.25) is 0 Å². The lowest BCUT2D eigenvalue weighted by Crippen LogP contribution is -2.49. The highest BCUT2D eigenvalue weighted by Gasteiger charge is 2.59. The summed E-state index contributed by atoms with van der Waals surface area (Å²) in [5, 5.41) is 16.1. The lowest BCUT2D eigenvalue weighted by molar-refractivity contribution is 0.0403. The molecule has 12 aliphatic carbocycles. The molecule has 16 rings (SSSR count). The van der Waals surface area contributed by atoms with E-state index in [0.29, 0.717) is 45.8 Å². The molecule has 0 spiro atoms. The normalized spacial score (nSPS) is 37.1. The zero-order valence-corrected chi connectivity index (χ0v) is 62.4. The second-order valence-corrected chi connectivity index (χ2v) is 35.1. The van der Waals surface area contributed by atoms with E-state index in [1.165, 1.54) is 193 Å². The van der Waals surface area contributed by atoms with E-state index < -0.39 is 0 Å². The van der Waals surface area contributed by atoms with Gasteiger partial charge in [0.05, 0.1) is 28.4 Å². The summed E-state index contributed by atoms with van der Waals surface area (Å²) >= 11 is 0. The highest BCUT2D eigenvalue weighted by molar-refractivity contribution is 5.45. The van der Waals surface area contributed by atoms with Crippen LogP contribution in [-0.4, -0.2) is 91.9 Å². The Hall–Kier alpha value is -4.16. The summed E-state index contributed by atoms with van der Waals surface area (Å²) < 4.78 is 22.0. The molecule has 538 valence electrons. The molecule has 0 saturated heterocycles. The lowest BCUT2D eigenvalue weighted by atomic mass is 9.55. The minimum absolute atomic E-state index is 0.474. The quantitative estimate of drug-likeness (QED) is 0.0448. The third kappa shape index (κ3) is 13.5.